The molecule has 1 atom stereocenters. The molecule has 0 spiro atoms. The van der Waals surface area contributed by atoms with Crippen molar-refractivity contribution in [3.63, 3.8) is 0 Å². The molecule has 0 aromatic rings. The van der Waals surface area contributed by atoms with Gasteiger partial charge in [-0.1, -0.05) is 26.7 Å². The molecule has 0 bridgehead atoms. The summed E-state index contributed by atoms with van der Waals surface area (Å²) in [6.07, 6.45) is 7.20. The maximum atomic E-state index is 11.1. The van der Waals surface area contributed by atoms with E-state index in [9.17, 15) is 4.79 Å². The molecule has 1 aliphatic heterocycles. The number of nitrogens with two attached hydrogens (primary N) is 1. The first-order valence-corrected chi connectivity index (χ1v) is 7.76. The van der Waals surface area contributed by atoms with Crippen LogP contribution in [0.1, 0.15) is 58.8 Å². The van der Waals surface area contributed by atoms with Crippen LogP contribution in [-0.2, 0) is 4.79 Å². The molecule has 0 aromatic carbocycles. The van der Waals surface area contributed by atoms with Gasteiger partial charge in [-0.05, 0) is 57.7 Å². The maximum absolute atomic E-state index is 11.1. The summed E-state index contributed by atoms with van der Waals surface area (Å²) < 4.78 is 0. The second-order valence-corrected chi connectivity index (χ2v) is 5.99. The Morgan fingerprint density at radius 2 is 2.00 bits per heavy atom. The molecule has 0 amide bonds. The predicted molar refractivity (Wildman–Crippen MR) is 78.2 cm³/mol. The van der Waals surface area contributed by atoms with Crippen LogP contribution >= 0.6 is 0 Å². The summed E-state index contributed by atoms with van der Waals surface area (Å²) in [4.78, 5) is 13.6. The zero-order chi connectivity index (χ0) is 14.3. The summed E-state index contributed by atoms with van der Waals surface area (Å²) in [5.74, 6) is 0.0427. The van der Waals surface area contributed by atoms with Gasteiger partial charge in [-0.15, -0.1) is 0 Å². The SMILES string of the molecule is CCCC1CCN(CCCC(N)(CC)C(=O)O)CC1. The predicted octanol–water partition coefficient (Wildman–Crippen LogP) is 2.47. The summed E-state index contributed by atoms with van der Waals surface area (Å²) in [5.41, 5.74) is 4.87. The lowest BCUT2D eigenvalue weighted by Crippen LogP contribution is -2.48. The average Bonchev–Trinajstić information content (AvgIpc) is 2.40. The fraction of sp³-hybridized carbons (Fsp3) is 0.933. The Bertz CT molecular complexity index is 275. The molecule has 0 aliphatic carbocycles. The first-order valence-electron chi connectivity index (χ1n) is 7.76. The normalized spacial score (nSPS) is 21.2. The molecule has 1 fully saturated rings. The van der Waals surface area contributed by atoms with E-state index in [1.54, 1.807) is 0 Å². The van der Waals surface area contributed by atoms with Crippen LogP contribution in [0.3, 0.4) is 0 Å². The number of hydrogen-bond acceptors (Lipinski definition) is 3. The number of aliphatic carboxylic acids is 1. The van der Waals surface area contributed by atoms with E-state index in [2.05, 4.69) is 11.8 Å². The highest BCUT2D eigenvalue weighted by Crippen LogP contribution is 2.22. The molecule has 1 aliphatic rings. The van der Waals surface area contributed by atoms with Crippen molar-refractivity contribution in [2.45, 2.75) is 64.3 Å². The van der Waals surface area contributed by atoms with Crippen molar-refractivity contribution in [2.24, 2.45) is 11.7 Å². The van der Waals surface area contributed by atoms with E-state index < -0.39 is 11.5 Å². The molecule has 112 valence electrons. The van der Waals surface area contributed by atoms with Crippen molar-refractivity contribution in [1.29, 1.82) is 0 Å². The first kappa shape index (κ1) is 16.4. The zero-order valence-electron chi connectivity index (χ0n) is 12.5. The second kappa shape index (κ2) is 7.85. The van der Waals surface area contributed by atoms with Gasteiger partial charge < -0.3 is 15.7 Å². The van der Waals surface area contributed by atoms with Crippen LogP contribution in [0.15, 0.2) is 0 Å². The van der Waals surface area contributed by atoms with Gasteiger partial charge in [0.15, 0.2) is 0 Å². The zero-order valence-corrected chi connectivity index (χ0v) is 12.5. The Kier molecular flexibility index (Phi) is 6.80. The number of rotatable bonds is 8. The monoisotopic (exact) mass is 270 g/mol. The third-order valence-electron chi connectivity index (χ3n) is 4.56. The highest BCUT2D eigenvalue weighted by atomic mass is 16.4. The van der Waals surface area contributed by atoms with Gasteiger partial charge in [0.25, 0.3) is 0 Å². The molecule has 4 nitrogen and oxygen atoms in total. The van der Waals surface area contributed by atoms with E-state index >= 15 is 0 Å². The smallest absolute Gasteiger partial charge is 0.323 e. The van der Waals surface area contributed by atoms with Gasteiger partial charge in [0.05, 0.1) is 0 Å². The number of piperidine rings is 1. The standard InChI is InChI=1S/C15H30N2O2/c1-3-6-13-7-11-17(12-8-13)10-5-9-15(16,4-2)14(18)19/h13H,3-12,16H2,1-2H3,(H,18,19). The topological polar surface area (TPSA) is 66.6 Å². The highest BCUT2D eigenvalue weighted by Gasteiger charge is 2.31. The molecule has 0 saturated carbocycles. The minimum atomic E-state index is -1.03. The van der Waals surface area contributed by atoms with Gasteiger partial charge in [0.2, 0.25) is 0 Å². The van der Waals surface area contributed by atoms with E-state index in [1.807, 2.05) is 6.92 Å². The van der Waals surface area contributed by atoms with Crippen LogP contribution in [0.4, 0.5) is 0 Å². The molecule has 1 unspecified atom stereocenters. The molecule has 1 heterocycles. The van der Waals surface area contributed by atoms with Gasteiger partial charge in [-0.25, -0.2) is 0 Å². The Morgan fingerprint density at radius 1 is 1.37 bits per heavy atom. The van der Waals surface area contributed by atoms with Gasteiger partial charge in [0.1, 0.15) is 5.54 Å². The fourth-order valence-electron chi connectivity index (χ4n) is 2.96. The quantitative estimate of drug-likeness (QED) is 0.711. The molecule has 0 radical (unpaired) electrons. The minimum Gasteiger partial charge on any atom is -0.480 e. The van der Waals surface area contributed by atoms with Crippen LogP contribution < -0.4 is 5.73 Å². The van der Waals surface area contributed by atoms with E-state index in [0.29, 0.717) is 12.8 Å². The Hall–Kier alpha value is -0.610. The van der Waals surface area contributed by atoms with Crippen LogP contribution in [0, 0.1) is 5.92 Å². The first-order chi connectivity index (χ1) is 9.01. The number of carboxylic acid groups (broad SMARTS) is 1. The maximum Gasteiger partial charge on any atom is 0.323 e. The lowest BCUT2D eigenvalue weighted by Gasteiger charge is -2.32. The fourth-order valence-corrected chi connectivity index (χ4v) is 2.96. The van der Waals surface area contributed by atoms with Crippen molar-refractivity contribution in [2.75, 3.05) is 19.6 Å². The van der Waals surface area contributed by atoms with Crippen LogP contribution in [-0.4, -0.2) is 41.1 Å². The van der Waals surface area contributed by atoms with Gasteiger partial charge in [0, 0.05) is 0 Å². The number of nitrogens with zero attached hydrogens (tertiary/aromatic N) is 1. The minimum absolute atomic E-state index is 0.501. The third kappa shape index (κ3) is 5.11. The Labute approximate surface area is 117 Å². The Morgan fingerprint density at radius 3 is 2.47 bits per heavy atom. The molecule has 3 N–H and O–H groups in total. The summed E-state index contributed by atoms with van der Waals surface area (Å²) in [7, 11) is 0. The van der Waals surface area contributed by atoms with Crippen LogP contribution in [0.5, 0.6) is 0 Å². The Balaban J connectivity index is 2.22. The number of carboxylic acids is 1. The van der Waals surface area contributed by atoms with Crippen molar-refractivity contribution >= 4 is 5.97 Å². The van der Waals surface area contributed by atoms with E-state index in [1.165, 1.54) is 38.8 Å². The summed E-state index contributed by atoms with van der Waals surface area (Å²) in [5, 5.41) is 9.12. The van der Waals surface area contributed by atoms with Crippen LogP contribution in [0.25, 0.3) is 0 Å². The lowest BCUT2D eigenvalue weighted by atomic mass is 9.90. The van der Waals surface area contributed by atoms with Crippen molar-refractivity contribution < 1.29 is 9.90 Å². The molecule has 0 aromatic heterocycles. The molecular formula is C15H30N2O2. The third-order valence-corrected chi connectivity index (χ3v) is 4.56. The summed E-state index contributed by atoms with van der Waals surface area (Å²) >= 11 is 0. The van der Waals surface area contributed by atoms with Crippen molar-refractivity contribution in [3.05, 3.63) is 0 Å². The summed E-state index contributed by atoms with van der Waals surface area (Å²) in [6, 6.07) is 0. The van der Waals surface area contributed by atoms with Crippen molar-refractivity contribution in [3.8, 4) is 0 Å². The highest BCUT2D eigenvalue weighted by molar-refractivity contribution is 5.78. The van der Waals surface area contributed by atoms with Crippen LogP contribution in [0.2, 0.25) is 0 Å². The van der Waals surface area contributed by atoms with Gasteiger partial charge >= 0.3 is 5.97 Å². The molecule has 4 heteroatoms. The molecule has 1 saturated heterocycles. The van der Waals surface area contributed by atoms with E-state index in [4.69, 9.17) is 10.8 Å². The van der Waals surface area contributed by atoms with E-state index in [0.717, 1.165) is 18.9 Å². The molecule has 1 rings (SSSR count). The van der Waals surface area contributed by atoms with Gasteiger partial charge in [-0.2, -0.15) is 0 Å². The number of likely N-dealkylation sites (tertiary alicyclic amines) is 1. The van der Waals surface area contributed by atoms with Crippen molar-refractivity contribution in [1.82, 2.24) is 4.90 Å². The summed E-state index contributed by atoms with van der Waals surface area (Å²) in [6.45, 7) is 7.43. The van der Waals surface area contributed by atoms with E-state index in [-0.39, 0.29) is 0 Å². The number of hydrogen-bond donors (Lipinski definition) is 2. The average molecular weight is 270 g/mol. The van der Waals surface area contributed by atoms with Gasteiger partial charge in [-0.3, -0.25) is 4.79 Å². The molecule has 19 heavy (non-hydrogen) atoms. The largest absolute Gasteiger partial charge is 0.480 e. The lowest BCUT2D eigenvalue weighted by molar-refractivity contribution is -0.143. The number of carbonyl (C=O) groups is 1. The second-order valence-electron chi connectivity index (χ2n) is 5.99. The molecular weight excluding hydrogens is 240 g/mol.